The summed E-state index contributed by atoms with van der Waals surface area (Å²) in [5.74, 6) is -2.23. The van der Waals surface area contributed by atoms with Crippen molar-refractivity contribution in [2.45, 2.75) is 25.3 Å². The molecule has 0 aromatic heterocycles. The average Bonchev–Trinajstić information content (AvgIpc) is 2.65. The first-order valence-electron chi connectivity index (χ1n) is 7.85. The normalized spacial score (nSPS) is 12.8. The number of hydrogen-bond donors (Lipinski definition) is 3. The highest BCUT2D eigenvalue weighted by atomic mass is 16.5. The Morgan fingerprint density at radius 3 is 2.28 bits per heavy atom. The van der Waals surface area contributed by atoms with Crippen LogP contribution in [0.4, 0.5) is 0 Å². The summed E-state index contributed by atoms with van der Waals surface area (Å²) in [7, 11) is 4.32. The van der Waals surface area contributed by atoms with Crippen LogP contribution in [0.3, 0.4) is 0 Å². The predicted molar refractivity (Wildman–Crippen MR) is 91.1 cm³/mol. The van der Waals surface area contributed by atoms with Crippen LogP contribution in [-0.2, 0) is 20.7 Å². The average molecular weight is 351 g/mol. The smallest absolute Gasteiger partial charge is 0.278 e. The molecule has 8 nitrogen and oxygen atoms in total. The maximum atomic E-state index is 12.7. The Hall–Kier alpha value is -2.45. The number of rotatable bonds is 8. The molecule has 1 aromatic rings. The molecule has 0 radical (unpaired) electrons. The quantitative estimate of drug-likeness (QED) is 0.271. The molecule has 1 rings (SSSR count). The fraction of sp³-hybridized carbons (Fsp3) is 0.471. The molecule has 1 aromatic carbocycles. The zero-order chi connectivity index (χ0) is 19.0. The van der Waals surface area contributed by atoms with Crippen LogP contribution >= 0.6 is 0 Å². The largest absolute Gasteiger partial charge is 0.385 e. The van der Waals surface area contributed by atoms with E-state index in [1.54, 1.807) is 19.2 Å². The second kappa shape index (κ2) is 9.14. The van der Waals surface area contributed by atoms with Crippen LogP contribution in [0.5, 0.6) is 0 Å². The van der Waals surface area contributed by atoms with Crippen molar-refractivity contribution in [2.75, 3.05) is 27.8 Å². The van der Waals surface area contributed by atoms with Gasteiger partial charge in [-0.15, -0.1) is 0 Å². The Morgan fingerprint density at radius 1 is 1.20 bits per heavy atom. The van der Waals surface area contributed by atoms with Crippen molar-refractivity contribution in [2.24, 2.45) is 0 Å². The summed E-state index contributed by atoms with van der Waals surface area (Å²) < 4.78 is 5.00. The second-order valence-corrected chi connectivity index (χ2v) is 5.75. The fourth-order valence-corrected chi connectivity index (χ4v) is 2.39. The van der Waals surface area contributed by atoms with Gasteiger partial charge in [-0.3, -0.25) is 19.6 Å². The molecule has 0 spiro atoms. The number of likely N-dealkylation sites (N-methyl/N-ethyl adjacent to an activating group) is 2. The van der Waals surface area contributed by atoms with Crippen LogP contribution in [0.1, 0.15) is 29.3 Å². The number of nitrogens with zero attached hydrogens (tertiary/aromatic N) is 1. The Morgan fingerprint density at radius 2 is 1.80 bits per heavy atom. The summed E-state index contributed by atoms with van der Waals surface area (Å²) in [6, 6.07) is 6.92. The van der Waals surface area contributed by atoms with Crippen molar-refractivity contribution in [3.05, 3.63) is 35.4 Å². The van der Waals surface area contributed by atoms with E-state index >= 15 is 0 Å². The minimum absolute atomic E-state index is 0.332. The number of hydrogen-bond acceptors (Lipinski definition) is 5. The molecule has 0 aliphatic heterocycles. The van der Waals surface area contributed by atoms with E-state index in [-0.39, 0.29) is 0 Å². The standard InChI is InChI=1S/C17H25N3O5/c1-17(15(22)18-2,16(23)19-24)20(3)14(21)13-9-7-12(8-10-13)6-5-11-25-4/h7-10,24H,5-6,11H2,1-4H3,(H,18,22)(H,19,23)/t17-/m0/s1. The summed E-state index contributed by atoms with van der Waals surface area (Å²) in [4.78, 5) is 37.8. The third kappa shape index (κ3) is 4.55. The molecule has 3 N–H and O–H groups in total. The van der Waals surface area contributed by atoms with E-state index < -0.39 is 23.3 Å². The zero-order valence-corrected chi connectivity index (χ0v) is 15.0. The van der Waals surface area contributed by atoms with Crippen LogP contribution in [0.25, 0.3) is 0 Å². The summed E-state index contributed by atoms with van der Waals surface area (Å²) >= 11 is 0. The van der Waals surface area contributed by atoms with Gasteiger partial charge in [-0.25, -0.2) is 5.48 Å². The summed E-state index contributed by atoms with van der Waals surface area (Å²) in [6.45, 7) is 1.92. The monoisotopic (exact) mass is 351 g/mol. The molecule has 3 amide bonds. The number of ether oxygens (including phenoxy) is 1. The lowest BCUT2D eigenvalue weighted by molar-refractivity contribution is -0.148. The number of amides is 3. The first kappa shape index (κ1) is 20.6. The molecule has 0 saturated carbocycles. The van der Waals surface area contributed by atoms with Crippen molar-refractivity contribution >= 4 is 17.7 Å². The van der Waals surface area contributed by atoms with Gasteiger partial charge in [0.25, 0.3) is 17.7 Å². The molecule has 0 aliphatic carbocycles. The van der Waals surface area contributed by atoms with Crippen LogP contribution < -0.4 is 10.8 Å². The van der Waals surface area contributed by atoms with E-state index in [9.17, 15) is 14.4 Å². The molecule has 0 bridgehead atoms. The van der Waals surface area contributed by atoms with Crippen LogP contribution in [0.15, 0.2) is 24.3 Å². The van der Waals surface area contributed by atoms with Crippen LogP contribution in [-0.4, -0.2) is 61.2 Å². The van der Waals surface area contributed by atoms with E-state index in [0.29, 0.717) is 12.2 Å². The number of methoxy groups -OCH3 is 1. The molecule has 0 aliphatic rings. The lowest BCUT2D eigenvalue weighted by Gasteiger charge is -2.34. The zero-order valence-electron chi connectivity index (χ0n) is 15.0. The Kier molecular flexibility index (Phi) is 7.53. The Balaban J connectivity index is 2.99. The predicted octanol–water partition coefficient (Wildman–Crippen LogP) is 0.348. The highest BCUT2D eigenvalue weighted by molar-refractivity contribution is 6.12. The molecule has 138 valence electrons. The minimum atomic E-state index is -1.89. The maximum Gasteiger partial charge on any atom is 0.278 e. The third-order valence-corrected chi connectivity index (χ3v) is 4.20. The molecule has 0 fully saturated rings. The number of benzene rings is 1. The maximum absolute atomic E-state index is 12.7. The van der Waals surface area contributed by atoms with Crippen molar-refractivity contribution in [1.82, 2.24) is 15.7 Å². The molecule has 1 atom stereocenters. The van der Waals surface area contributed by atoms with Crippen LogP contribution in [0.2, 0.25) is 0 Å². The topological polar surface area (TPSA) is 108 Å². The lowest BCUT2D eigenvalue weighted by Crippen LogP contribution is -2.64. The molecular formula is C17H25N3O5. The molecular weight excluding hydrogens is 326 g/mol. The van der Waals surface area contributed by atoms with Crippen molar-refractivity contribution in [3.8, 4) is 0 Å². The Labute approximate surface area is 147 Å². The minimum Gasteiger partial charge on any atom is -0.385 e. The van der Waals surface area contributed by atoms with Gasteiger partial charge in [0.1, 0.15) is 0 Å². The molecule has 0 saturated heterocycles. The first-order chi connectivity index (χ1) is 11.8. The number of carbonyl (C=O) groups is 3. The van der Waals surface area contributed by atoms with Gasteiger partial charge in [0.2, 0.25) is 0 Å². The first-order valence-corrected chi connectivity index (χ1v) is 7.85. The van der Waals surface area contributed by atoms with Crippen molar-refractivity contribution in [1.29, 1.82) is 0 Å². The van der Waals surface area contributed by atoms with E-state index in [2.05, 4.69) is 5.32 Å². The highest BCUT2D eigenvalue weighted by Crippen LogP contribution is 2.18. The van der Waals surface area contributed by atoms with E-state index in [4.69, 9.17) is 9.94 Å². The number of nitrogens with one attached hydrogen (secondary N) is 2. The molecule has 0 unspecified atom stereocenters. The van der Waals surface area contributed by atoms with Gasteiger partial charge in [0.15, 0.2) is 5.54 Å². The van der Waals surface area contributed by atoms with Crippen molar-refractivity contribution < 1.29 is 24.3 Å². The van der Waals surface area contributed by atoms with Gasteiger partial charge in [-0.1, -0.05) is 12.1 Å². The summed E-state index contributed by atoms with van der Waals surface area (Å²) in [5.41, 5.74) is 0.936. The fourth-order valence-electron chi connectivity index (χ4n) is 2.39. The van der Waals surface area contributed by atoms with E-state index in [0.717, 1.165) is 23.3 Å². The van der Waals surface area contributed by atoms with Gasteiger partial charge < -0.3 is 15.0 Å². The molecule has 25 heavy (non-hydrogen) atoms. The van der Waals surface area contributed by atoms with E-state index in [1.165, 1.54) is 26.5 Å². The van der Waals surface area contributed by atoms with Crippen molar-refractivity contribution in [3.63, 3.8) is 0 Å². The number of carbonyl (C=O) groups excluding carboxylic acids is 3. The lowest BCUT2D eigenvalue weighted by atomic mass is 9.96. The van der Waals surface area contributed by atoms with Gasteiger partial charge in [-0.05, 0) is 37.5 Å². The number of aryl methyl sites for hydroxylation is 1. The van der Waals surface area contributed by atoms with Crippen LogP contribution in [0, 0.1) is 0 Å². The SMILES string of the molecule is CNC(=O)[C@@](C)(C(=O)NO)N(C)C(=O)c1ccc(CCCOC)cc1. The molecule has 8 heteroatoms. The van der Waals surface area contributed by atoms with Gasteiger partial charge in [-0.2, -0.15) is 0 Å². The Bertz CT molecular complexity index is 599. The van der Waals surface area contributed by atoms with Gasteiger partial charge >= 0.3 is 0 Å². The summed E-state index contributed by atoms with van der Waals surface area (Å²) in [6.07, 6.45) is 1.69. The van der Waals surface area contributed by atoms with E-state index in [1.807, 2.05) is 12.1 Å². The highest BCUT2D eigenvalue weighted by Gasteiger charge is 2.47. The summed E-state index contributed by atoms with van der Waals surface area (Å²) in [5, 5.41) is 11.3. The third-order valence-electron chi connectivity index (χ3n) is 4.20. The van der Waals surface area contributed by atoms with Gasteiger partial charge in [0.05, 0.1) is 0 Å². The van der Waals surface area contributed by atoms with Gasteiger partial charge in [0, 0.05) is 33.4 Å². The number of hydroxylamine groups is 1. The molecule has 0 heterocycles. The second-order valence-electron chi connectivity index (χ2n) is 5.75.